The molecule has 116 valence electrons. The topological polar surface area (TPSA) is 51.0 Å². The van der Waals surface area contributed by atoms with Crippen LogP contribution in [0.25, 0.3) is 0 Å². The highest BCUT2D eigenvalue weighted by molar-refractivity contribution is 6.31. The summed E-state index contributed by atoms with van der Waals surface area (Å²) < 4.78 is 10.6. The third-order valence-electron chi connectivity index (χ3n) is 3.13. The summed E-state index contributed by atoms with van der Waals surface area (Å²) in [5.41, 5.74) is 2.12. The van der Waals surface area contributed by atoms with Gasteiger partial charge in [-0.05, 0) is 37.6 Å². The van der Waals surface area contributed by atoms with Crippen molar-refractivity contribution in [3.63, 3.8) is 0 Å². The molecule has 0 aliphatic rings. The lowest BCUT2D eigenvalue weighted by Gasteiger charge is -2.08. The summed E-state index contributed by atoms with van der Waals surface area (Å²) in [5.74, 6) is 1.08. The zero-order chi connectivity index (χ0) is 16.1. The predicted molar refractivity (Wildman–Crippen MR) is 89.3 cm³/mol. The molecule has 0 aliphatic carbocycles. The zero-order valence-electron chi connectivity index (χ0n) is 12.8. The number of methoxy groups -OCH3 is 1. The fourth-order valence-corrected chi connectivity index (χ4v) is 2.12. The highest BCUT2D eigenvalue weighted by Gasteiger charge is 2.08. The van der Waals surface area contributed by atoms with Gasteiger partial charge in [-0.1, -0.05) is 17.7 Å². The monoisotopic (exact) mass is 319 g/mol. The van der Waals surface area contributed by atoms with E-state index in [0.717, 1.165) is 5.56 Å². The second kappa shape index (κ2) is 7.18. The van der Waals surface area contributed by atoms with Crippen LogP contribution < -0.4 is 9.47 Å². The first-order valence-corrected chi connectivity index (χ1v) is 7.27. The van der Waals surface area contributed by atoms with Crippen molar-refractivity contribution in [1.29, 1.82) is 0 Å². The number of benzene rings is 2. The Bertz CT molecular complexity index is 699. The standard InChI is InChI=1S/C17H18ClNO3/c1-4-22-15-7-5-6-12(17(15)20)10-19-14-8-11(2)13(18)9-16(14)21-3/h5-10,20H,4H2,1-3H3. The second-order valence-electron chi connectivity index (χ2n) is 4.66. The number of nitrogens with zero attached hydrogens (tertiary/aromatic N) is 1. The summed E-state index contributed by atoms with van der Waals surface area (Å²) in [5, 5.41) is 10.8. The molecular weight excluding hydrogens is 302 g/mol. The number of aryl methyl sites for hydroxylation is 1. The van der Waals surface area contributed by atoms with E-state index < -0.39 is 0 Å². The average molecular weight is 320 g/mol. The van der Waals surface area contributed by atoms with Gasteiger partial charge in [0.25, 0.3) is 0 Å². The smallest absolute Gasteiger partial charge is 0.166 e. The van der Waals surface area contributed by atoms with Gasteiger partial charge in [-0.15, -0.1) is 0 Å². The third-order valence-corrected chi connectivity index (χ3v) is 3.54. The molecule has 0 bridgehead atoms. The minimum atomic E-state index is 0.0674. The molecule has 2 rings (SSSR count). The van der Waals surface area contributed by atoms with E-state index in [1.54, 1.807) is 37.6 Å². The lowest BCUT2D eigenvalue weighted by Crippen LogP contribution is -1.93. The summed E-state index contributed by atoms with van der Waals surface area (Å²) in [7, 11) is 1.56. The first-order valence-electron chi connectivity index (χ1n) is 6.89. The van der Waals surface area contributed by atoms with Crippen molar-refractivity contribution < 1.29 is 14.6 Å². The van der Waals surface area contributed by atoms with E-state index in [0.29, 0.717) is 34.4 Å². The Morgan fingerprint density at radius 1 is 1.27 bits per heavy atom. The quantitative estimate of drug-likeness (QED) is 0.825. The molecule has 0 aromatic heterocycles. The van der Waals surface area contributed by atoms with Gasteiger partial charge in [0.2, 0.25) is 0 Å². The minimum Gasteiger partial charge on any atom is -0.504 e. The van der Waals surface area contributed by atoms with E-state index in [2.05, 4.69) is 4.99 Å². The largest absolute Gasteiger partial charge is 0.504 e. The maximum atomic E-state index is 10.2. The van der Waals surface area contributed by atoms with Gasteiger partial charge >= 0.3 is 0 Å². The average Bonchev–Trinajstić information content (AvgIpc) is 2.51. The van der Waals surface area contributed by atoms with Crippen LogP contribution in [-0.4, -0.2) is 25.0 Å². The van der Waals surface area contributed by atoms with Crippen LogP contribution in [0.2, 0.25) is 5.02 Å². The van der Waals surface area contributed by atoms with Gasteiger partial charge in [-0.25, -0.2) is 0 Å². The lowest BCUT2D eigenvalue weighted by molar-refractivity contribution is 0.318. The molecule has 0 saturated carbocycles. The Balaban J connectivity index is 2.37. The van der Waals surface area contributed by atoms with Crippen molar-refractivity contribution in [2.75, 3.05) is 13.7 Å². The van der Waals surface area contributed by atoms with Gasteiger partial charge in [-0.2, -0.15) is 0 Å². The number of hydrogen-bond acceptors (Lipinski definition) is 4. The highest BCUT2D eigenvalue weighted by Crippen LogP contribution is 2.34. The summed E-state index contributed by atoms with van der Waals surface area (Å²) in [4.78, 5) is 4.39. The Morgan fingerprint density at radius 3 is 2.73 bits per heavy atom. The van der Waals surface area contributed by atoms with Crippen molar-refractivity contribution >= 4 is 23.5 Å². The Hall–Kier alpha value is -2.20. The molecule has 5 heteroatoms. The highest BCUT2D eigenvalue weighted by atomic mass is 35.5. The van der Waals surface area contributed by atoms with Crippen molar-refractivity contribution in [3.8, 4) is 17.2 Å². The lowest BCUT2D eigenvalue weighted by atomic mass is 10.2. The molecule has 0 radical (unpaired) electrons. The predicted octanol–water partition coefficient (Wildman–Crippen LogP) is 4.51. The number of phenols is 1. The SMILES string of the molecule is CCOc1cccc(C=Nc2cc(C)c(Cl)cc2OC)c1O. The number of rotatable bonds is 5. The number of phenolic OH excluding ortho intramolecular Hbond substituents is 1. The first-order chi connectivity index (χ1) is 10.6. The molecule has 2 aromatic rings. The van der Waals surface area contributed by atoms with Crippen LogP contribution in [0, 0.1) is 6.92 Å². The molecule has 0 heterocycles. The van der Waals surface area contributed by atoms with E-state index in [9.17, 15) is 5.11 Å². The van der Waals surface area contributed by atoms with Gasteiger partial charge < -0.3 is 14.6 Å². The number of para-hydroxylation sites is 1. The van der Waals surface area contributed by atoms with Crippen molar-refractivity contribution in [3.05, 3.63) is 46.5 Å². The molecule has 0 atom stereocenters. The Kier molecular flexibility index (Phi) is 5.28. The molecule has 0 amide bonds. The Labute approximate surface area is 135 Å². The molecule has 1 N–H and O–H groups in total. The molecular formula is C17H18ClNO3. The number of hydrogen-bond donors (Lipinski definition) is 1. The van der Waals surface area contributed by atoms with E-state index in [-0.39, 0.29) is 5.75 Å². The number of aliphatic imine (C=N–C) groups is 1. The van der Waals surface area contributed by atoms with Gasteiger partial charge in [0.1, 0.15) is 11.4 Å². The van der Waals surface area contributed by atoms with Crippen molar-refractivity contribution in [2.24, 2.45) is 4.99 Å². The zero-order valence-corrected chi connectivity index (χ0v) is 13.5. The molecule has 4 nitrogen and oxygen atoms in total. The third kappa shape index (κ3) is 3.52. The minimum absolute atomic E-state index is 0.0674. The van der Waals surface area contributed by atoms with Gasteiger partial charge in [0.15, 0.2) is 11.5 Å². The van der Waals surface area contributed by atoms with Gasteiger partial charge in [0, 0.05) is 22.9 Å². The Morgan fingerprint density at radius 2 is 2.05 bits per heavy atom. The molecule has 2 aromatic carbocycles. The fraction of sp³-hybridized carbons (Fsp3) is 0.235. The first kappa shape index (κ1) is 16.2. The summed E-state index contributed by atoms with van der Waals surface area (Å²) in [6, 6.07) is 8.83. The van der Waals surface area contributed by atoms with E-state index in [1.165, 1.54) is 0 Å². The van der Waals surface area contributed by atoms with Crippen LogP contribution in [0.1, 0.15) is 18.1 Å². The molecule has 0 saturated heterocycles. The molecule has 22 heavy (non-hydrogen) atoms. The van der Waals surface area contributed by atoms with Crippen molar-refractivity contribution in [2.45, 2.75) is 13.8 Å². The van der Waals surface area contributed by atoms with Crippen molar-refractivity contribution in [1.82, 2.24) is 0 Å². The second-order valence-corrected chi connectivity index (χ2v) is 5.07. The van der Waals surface area contributed by atoms with Crippen LogP contribution in [0.3, 0.4) is 0 Å². The van der Waals surface area contributed by atoms with Crippen LogP contribution in [0.4, 0.5) is 5.69 Å². The maximum Gasteiger partial charge on any atom is 0.166 e. The summed E-state index contributed by atoms with van der Waals surface area (Å²) in [6.07, 6.45) is 1.57. The van der Waals surface area contributed by atoms with E-state index >= 15 is 0 Å². The summed E-state index contributed by atoms with van der Waals surface area (Å²) in [6.45, 7) is 4.24. The normalized spacial score (nSPS) is 10.9. The number of halogens is 1. The van der Waals surface area contributed by atoms with Gasteiger partial charge in [-0.3, -0.25) is 4.99 Å². The molecule has 0 unspecified atom stereocenters. The number of aromatic hydroxyl groups is 1. The van der Waals surface area contributed by atoms with Crippen LogP contribution in [0.15, 0.2) is 35.3 Å². The molecule has 0 fully saturated rings. The van der Waals surface area contributed by atoms with Crippen LogP contribution in [0.5, 0.6) is 17.2 Å². The van der Waals surface area contributed by atoms with Crippen LogP contribution >= 0.6 is 11.6 Å². The van der Waals surface area contributed by atoms with Crippen LogP contribution in [-0.2, 0) is 0 Å². The van der Waals surface area contributed by atoms with Gasteiger partial charge in [0.05, 0.1) is 13.7 Å². The number of ether oxygens (including phenoxy) is 2. The van der Waals surface area contributed by atoms with E-state index in [1.807, 2.05) is 19.9 Å². The fourth-order valence-electron chi connectivity index (χ4n) is 1.97. The molecule has 0 spiro atoms. The molecule has 0 aliphatic heterocycles. The maximum absolute atomic E-state index is 10.2. The summed E-state index contributed by atoms with van der Waals surface area (Å²) >= 11 is 6.07. The van der Waals surface area contributed by atoms with E-state index in [4.69, 9.17) is 21.1 Å².